The van der Waals surface area contributed by atoms with Crippen molar-refractivity contribution in [1.29, 1.82) is 0 Å². The van der Waals surface area contributed by atoms with Crippen molar-refractivity contribution in [2.45, 2.75) is 51.4 Å². The lowest BCUT2D eigenvalue weighted by Gasteiger charge is -2.30. The molecule has 124 valence electrons. The second-order valence-electron chi connectivity index (χ2n) is 6.48. The van der Waals surface area contributed by atoms with Crippen LogP contribution in [0, 0.1) is 11.8 Å². The fraction of sp³-hybridized carbons (Fsp3) is 0.812. The lowest BCUT2D eigenvalue weighted by Crippen LogP contribution is -2.46. The Labute approximate surface area is 131 Å². The van der Waals surface area contributed by atoms with Gasteiger partial charge in [0.1, 0.15) is 0 Å². The molecule has 1 saturated heterocycles. The molecule has 0 radical (unpaired) electrons. The summed E-state index contributed by atoms with van der Waals surface area (Å²) >= 11 is 0. The topological polar surface area (TPSA) is 86.7 Å². The molecule has 1 heterocycles. The average Bonchev–Trinajstić information content (AvgIpc) is 3.04. The van der Waals surface area contributed by atoms with E-state index in [9.17, 15) is 14.4 Å². The molecule has 2 amide bonds. The molecule has 1 aliphatic heterocycles. The molecule has 2 fully saturated rings. The van der Waals surface area contributed by atoms with Gasteiger partial charge in [0.25, 0.3) is 0 Å². The maximum Gasteiger partial charge on any atom is 0.308 e. The van der Waals surface area contributed by atoms with Gasteiger partial charge in [-0.15, -0.1) is 0 Å². The number of amides is 2. The van der Waals surface area contributed by atoms with Crippen LogP contribution in [0.1, 0.15) is 51.4 Å². The monoisotopic (exact) mass is 310 g/mol. The zero-order valence-corrected chi connectivity index (χ0v) is 13.1. The first kappa shape index (κ1) is 16.8. The van der Waals surface area contributed by atoms with Crippen molar-refractivity contribution in [3.63, 3.8) is 0 Å². The van der Waals surface area contributed by atoms with E-state index < -0.39 is 11.9 Å². The van der Waals surface area contributed by atoms with Crippen molar-refractivity contribution >= 4 is 17.8 Å². The van der Waals surface area contributed by atoms with E-state index in [0.717, 1.165) is 6.42 Å². The highest BCUT2D eigenvalue weighted by Gasteiger charge is 2.28. The fourth-order valence-corrected chi connectivity index (χ4v) is 3.41. The van der Waals surface area contributed by atoms with E-state index in [1.807, 2.05) is 0 Å². The molecule has 0 bridgehead atoms. The lowest BCUT2D eigenvalue weighted by atomic mass is 9.98. The van der Waals surface area contributed by atoms with Crippen LogP contribution in [0.2, 0.25) is 0 Å². The van der Waals surface area contributed by atoms with Crippen molar-refractivity contribution in [3.8, 4) is 0 Å². The number of carbonyl (C=O) groups is 3. The predicted octanol–water partition coefficient (Wildman–Crippen LogP) is 1.40. The van der Waals surface area contributed by atoms with E-state index >= 15 is 0 Å². The number of piperidine rings is 1. The molecule has 2 aliphatic rings. The molecule has 1 atom stereocenters. The van der Waals surface area contributed by atoms with Crippen LogP contribution >= 0.6 is 0 Å². The van der Waals surface area contributed by atoms with Crippen LogP contribution in [-0.4, -0.2) is 47.4 Å². The van der Waals surface area contributed by atoms with Crippen LogP contribution in [0.15, 0.2) is 0 Å². The van der Waals surface area contributed by atoms with Crippen LogP contribution in [-0.2, 0) is 14.4 Å². The van der Waals surface area contributed by atoms with E-state index in [0.29, 0.717) is 31.7 Å². The van der Waals surface area contributed by atoms with Crippen LogP contribution in [0.5, 0.6) is 0 Å². The van der Waals surface area contributed by atoms with Gasteiger partial charge >= 0.3 is 5.97 Å². The van der Waals surface area contributed by atoms with Crippen LogP contribution in [0.25, 0.3) is 0 Å². The molecule has 1 aliphatic carbocycles. The molecule has 0 aromatic carbocycles. The number of carbonyl (C=O) groups excluding carboxylic acids is 2. The molecule has 22 heavy (non-hydrogen) atoms. The first-order valence-electron chi connectivity index (χ1n) is 8.33. The molecule has 6 nitrogen and oxygen atoms in total. The minimum absolute atomic E-state index is 0.0180. The Hall–Kier alpha value is -1.59. The molecular weight excluding hydrogens is 284 g/mol. The highest BCUT2D eigenvalue weighted by Crippen LogP contribution is 2.28. The van der Waals surface area contributed by atoms with E-state index in [-0.39, 0.29) is 24.9 Å². The van der Waals surface area contributed by atoms with E-state index in [1.54, 1.807) is 4.90 Å². The maximum atomic E-state index is 12.0. The van der Waals surface area contributed by atoms with Crippen molar-refractivity contribution in [3.05, 3.63) is 0 Å². The first-order valence-corrected chi connectivity index (χ1v) is 8.33. The minimum Gasteiger partial charge on any atom is -0.481 e. The maximum absolute atomic E-state index is 12.0. The van der Waals surface area contributed by atoms with E-state index in [1.165, 1.54) is 25.7 Å². The molecule has 1 unspecified atom stereocenters. The SMILES string of the molecule is O=C(CCC1CCCC1)NCC(=O)N1CCCC(C(=O)O)C1. The predicted molar refractivity (Wildman–Crippen MR) is 81.1 cm³/mol. The fourth-order valence-electron chi connectivity index (χ4n) is 3.41. The summed E-state index contributed by atoms with van der Waals surface area (Å²) in [5.41, 5.74) is 0. The van der Waals surface area contributed by atoms with Gasteiger partial charge in [-0.1, -0.05) is 25.7 Å². The molecule has 0 aromatic rings. The van der Waals surface area contributed by atoms with Gasteiger partial charge in [0.05, 0.1) is 12.5 Å². The third kappa shape index (κ3) is 5.00. The van der Waals surface area contributed by atoms with Gasteiger partial charge in [0.15, 0.2) is 0 Å². The van der Waals surface area contributed by atoms with Crippen LogP contribution < -0.4 is 5.32 Å². The van der Waals surface area contributed by atoms with Gasteiger partial charge in [0, 0.05) is 19.5 Å². The Balaban J connectivity index is 1.65. The molecular formula is C16H26N2O4. The third-order valence-corrected chi connectivity index (χ3v) is 4.81. The first-order chi connectivity index (χ1) is 10.6. The van der Waals surface area contributed by atoms with Crippen molar-refractivity contribution in [1.82, 2.24) is 10.2 Å². The Bertz CT molecular complexity index is 418. The quantitative estimate of drug-likeness (QED) is 0.776. The number of hydrogen-bond acceptors (Lipinski definition) is 3. The Morgan fingerprint density at radius 1 is 1.09 bits per heavy atom. The number of nitrogens with zero attached hydrogens (tertiary/aromatic N) is 1. The summed E-state index contributed by atoms with van der Waals surface area (Å²) < 4.78 is 0. The number of carboxylic acid groups (broad SMARTS) is 1. The number of likely N-dealkylation sites (tertiary alicyclic amines) is 1. The lowest BCUT2D eigenvalue weighted by molar-refractivity contribution is -0.145. The zero-order chi connectivity index (χ0) is 15.9. The van der Waals surface area contributed by atoms with Crippen LogP contribution in [0.3, 0.4) is 0 Å². The third-order valence-electron chi connectivity index (χ3n) is 4.81. The highest BCUT2D eigenvalue weighted by atomic mass is 16.4. The number of rotatable bonds is 6. The van der Waals surface area contributed by atoms with E-state index in [2.05, 4.69) is 5.32 Å². The average molecular weight is 310 g/mol. The summed E-state index contributed by atoms with van der Waals surface area (Å²) in [6.07, 6.45) is 7.69. The van der Waals surface area contributed by atoms with Crippen LogP contribution in [0.4, 0.5) is 0 Å². The molecule has 6 heteroatoms. The standard InChI is InChI=1S/C16H26N2O4/c19-14(8-7-12-4-1-2-5-12)17-10-15(20)18-9-3-6-13(11-18)16(21)22/h12-13H,1-11H2,(H,17,19)(H,21,22). The number of hydrogen-bond donors (Lipinski definition) is 2. The summed E-state index contributed by atoms with van der Waals surface area (Å²) in [5.74, 6) is -0.916. The number of aliphatic carboxylic acids is 1. The Kier molecular flexibility index (Phi) is 6.21. The molecule has 0 aromatic heterocycles. The summed E-state index contributed by atoms with van der Waals surface area (Å²) in [6, 6.07) is 0. The molecule has 1 saturated carbocycles. The zero-order valence-electron chi connectivity index (χ0n) is 13.1. The van der Waals surface area contributed by atoms with E-state index in [4.69, 9.17) is 5.11 Å². The van der Waals surface area contributed by atoms with Gasteiger partial charge in [-0.2, -0.15) is 0 Å². The Morgan fingerprint density at radius 2 is 1.82 bits per heavy atom. The normalized spacial score (nSPS) is 22.5. The van der Waals surface area contributed by atoms with Gasteiger partial charge in [-0.3, -0.25) is 14.4 Å². The van der Waals surface area contributed by atoms with Crippen molar-refractivity contribution < 1.29 is 19.5 Å². The second kappa shape index (κ2) is 8.15. The summed E-state index contributed by atoms with van der Waals surface area (Å²) in [6.45, 7) is 0.822. The van der Waals surface area contributed by atoms with Gasteiger partial charge in [0.2, 0.25) is 11.8 Å². The second-order valence-corrected chi connectivity index (χ2v) is 6.48. The summed E-state index contributed by atoms with van der Waals surface area (Å²) in [5, 5.41) is 11.7. The highest BCUT2D eigenvalue weighted by molar-refractivity contribution is 5.85. The van der Waals surface area contributed by atoms with Gasteiger partial charge < -0.3 is 15.3 Å². The molecule has 2 rings (SSSR count). The summed E-state index contributed by atoms with van der Waals surface area (Å²) in [4.78, 5) is 36.4. The van der Waals surface area contributed by atoms with Crippen molar-refractivity contribution in [2.24, 2.45) is 11.8 Å². The number of carboxylic acids is 1. The smallest absolute Gasteiger partial charge is 0.308 e. The Morgan fingerprint density at radius 3 is 2.50 bits per heavy atom. The largest absolute Gasteiger partial charge is 0.481 e. The minimum atomic E-state index is -0.849. The van der Waals surface area contributed by atoms with Gasteiger partial charge in [-0.05, 0) is 25.2 Å². The molecule has 2 N–H and O–H groups in total. The van der Waals surface area contributed by atoms with Gasteiger partial charge in [-0.25, -0.2) is 0 Å². The molecule has 0 spiro atoms. The number of nitrogens with one attached hydrogen (secondary N) is 1. The summed E-state index contributed by atoms with van der Waals surface area (Å²) in [7, 11) is 0. The van der Waals surface area contributed by atoms with Crippen molar-refractivity contribution in [2.75, 3.05) is 19.6 Å².